The fourth-order valence-corrected chi connectivity index (χ4v) is 4.26. The first-order valence-corrected chi connectivity index (χ1v) is 11.9. The number of nitrogens with one attached hydrogen (secondary N) is 1. The molecule has 184 valence electrons. The molecule has 0 saturated heterocycles. The summed E-state index contributed by atoms with van der Waals surface area (Å²) in [7, 11) is 0. The van der Waals surface area contributed by atoms with Crippen LogP contribution in [0.1, 0.15) is 72.3 Å². The maximum atomic E-state index is 12.2. The van der Waals surface area contributed by atoms with Gasteiger partial charge in [-0.2, -0.15) is 0 Å². The van der Waals surface area contributed by atoms with E-state index in [1.54, 1.807) is 12.1 Å². The van der Waals surface area contributed by atoms with Gasteiger partial charge in [0, 0.05) is 5.56 Å². The second kappa shape index (κ2) is 11.1. The number of rotatable bonds is 7. The van der Waals surface area contributed by atoms with Crippen molar-refractivity contribution in [3.8, 4) is 16.9 Å². The molecule has 3 rings (SSSR count). The zero-order valence-corrected chi connectivity index (χ0v) is 21.4. The number of hydrazone groups is 1. The second-order valence-corrected chi connectivity index (χ2v) is 9.58. The van der Waals surface area contributed by atoms with E-state index in [0.29, 0.717) is 11.5 Å². The summed E-state index contributed by atoms with van der Waals surface area (Å²) in [6.07, 6.45) is -0.169. The number of aryl methyl sites for hydroxylation is 2. The third-order valence-electron chi connectivity index (χ3n) is 6.12. The molecule has 0 bridgehead atoms. The molecule has 1 unspecified atom stereocenters. The highest BCUT2D eigenvalue weighted by atomic mass is 16.5. The Morgan fingerprint density at radius 2 is 1.43 bits per heavy atom. The lowest BCUT2D eigenvalue weighted by molar-refractivity contribution is 0.0976. The Kier molecular flexibility index (Phi) is 8.18. The van der Waals surface area contributed by atoms with Crippen molar-refractivity contribution in [3.05, 3.63) is 88.5 Å². The van der Waals surface area contributed by atoms with Gasteiger partial charge in [0.15, 0.2) is 0 Å². The van der Waals surface area contributed by atoms with Gasteiger partial charge in [-0.1, -0.05) is 64.1 Å². The molecule has 3 aromatic carbocycles. The van der Waals surface area contributed by atoms with Crippen molar-refractivity contribution in [2.24, 2.45) is 22.6 Å². The molecule has 0 fully saturated rings. The molecular formula is C29H36N4O2. The number of carbonyl (C=O) groups is 1. The van der Waals surface area contributed by atoms with Crippen LogP contribution in [0.2, 0.25) is 0 Å². The van der Waals surface area contributed by atoms with Crippen molar-refractivity contribution in [1.29, 1.82) is 0 Å². The van der Waals surface area contributed by atoms with Gasteiger partial charge in [0.05, 0.1) is 0 Å². The molecule has 6 nitrogen and oxygen atoms in total. The lowest BCUT2D eigenvalue weighted by Crippen LogP contribution is -2.37. The number of nitrogens with zero attached hydrogens (tertiary/aromatic N) is 1. The quantitative estimate of drug-likeness (QED) is 0.175. The van der Waals surface area contributed by atoms with Gasteiger partial charge in [-0.15, -0.1) is 5.10 Å². The smallest absolute Gasteiger partial charge is 0.257 e. The fraction of sp³-hybridized carbons (Fsp3) is 0.310. The van der Waals surface area contributed by atoms with Crippen LogP contribution >= 0.6 is 0 Å². The topological polar surface area (TPSA) is 103 Å². The zero-order chi connectivity index (χ0) is 25.7. The van der Waals surface area contributed by atoms with Gasteiger partial charge in [-0.25, -0.2) is 0 Å². The molecule has 0 heterocycles. The van der Waals surface area contributed by atoms with Gasteiger partial charge < -0.3 is 16.3 Å². The summed E-state index contributed by atoms with van der Waals surface area (Å²) >= 11 is 0. The van der Waals surface area contributed by atoms with E-state index in [9.17, 15) is 4.79 Å². The summed E-state index contributed by atoms with van der Waals surface area (Å²) in [5.74, 6) is 6.14. The number of nitrogens with two attached hydrogens (primary N) is 2. The van der Waals surface area contributed by atoms with E-state index in [1.165, 1.54) is 27.8 Å². The largest absolute Gasteiger partial charge is 0.485 e. The van der Waals surface area contributed by atoms with Crippen molar-refractivity contribution in [2.75, 3.05) is 0 Å². The maximum absolute atomic E-state index is 12.2. The summed E-state index contributed by atoms with van der Waals surface area (Å²) in [4.78, 5) is 12.2. The van der Waals surface area contributed by atoms with Gasteiger partial charge in [0.2, 0.25) is 5.96 Å². The molecule has 1 atom stereocenters. The van der Waals surface area contributed by atoms with Crippen LogP contribution in [0.4, 0.5) is 0 Å². The molecule has 0 aliphatic rings. The van der Waals surface area contributed by atoms with Crippen LogP contribution < -0.4 is 21.6 Å². The Morgan fingerprint density at radius 3 is 1.91 bits per heavy atom. The molecule has 0 radical (unpaired) electrons. The molecular weight excluding hydrogens is 436 g/mol. The highest BCUT2D eigenvalue weighted by molar-refractivity contribution is 6.05. The molecule has 1 amide bonds. The highest BCUT2D eigenvalue weighted by Crippen LogP contribution is 2.35. The fourth-order valence-electron chi connectivity index (χ4n) is 4.26. The summed E-state index contributed by atoms with van der Waals surface area (Å²) in [6.45, 7) is 12.9. The number of hydrogen-bond donors (Lipinski definition) is 3. The first-order chi connectivity index (χ1) is 16.6. The highest BCUT2D eigenvalue weighted by Gasteiger charge is 2.20. The van der Waals surface area contributed by atoms with E-state index < -0.39 is 0 Å². The SMILES string of the molecule is Cc1cc(OC(c2ccc(C(=O)N/C(N)=N/N)cc2)C(C)C)cc(C)c1-c1ccc(C(C)C)cc1. The Morgan fingerprint density at radius 1 is 0.886 bits per heavy atom. The van der Waals surface area contributed by atoms with Crippen LogP contribution in [0, 0.1) is 19.8 Å². The van der Waals surface area contributed by atoms with Gasteiger partial charge >= 0.3 is 0 Å². The van der Waals surface area contributed by atoms with E-state index in [1.807, 2.05) is 12.1 Å². The third kappa shape index (κ3) is 6.21. The summed E-state index contributed by atoms with van der Waals surface area (Å²) < 4.78 is 6.49. The predicted molar refractivity (Wildman–Crippen MR) is 143 cm³/mol. The first-order valence-electron chi connectivity index (χ1n) is 11.9. The van der Waals surface area contributed by atoms with Crippen molar-refractivity contribution >= 4 is 11.9 Å². The van der Waals surface area contributed by atoms with Crippen LogP contribution in [-0.2, 0) is 0 Å². The minimum atomic E-state index is -0.367. The molecule has 0 aliphatic heterocycles. The Bertz CT molecular complexity index is 1170. The Balaban J connectivity index is 1.83. The molecule has 0 saturated carbocycles. The van der Waals surface area contributed by atoms with Crippen LogP contribution in [0.5, 0.6) is 5.75 Å². The van der Waals surface area contributed by atoms with Crippen LogP contribution in [0.15, 0.2) is 65.8 Å². The standard InChI is InChI=1S/C29H36N4O2/c1-17(2)21-7-9-22(10-8-21)26-19(5)15-25(16-20(26)6)35-27(18(3)4)23-11-13-24(14-12-23)28(34)32-29(30)33-31/h7-18,27H,31H2,1-6H3,(H3,30,32,33,34). The predicted octanol–water partition coefficient (Wildman–Crippen LogP) is 5.79. The minimum absolute atomic E-state index is 0.132. The average Bonchev–Trinajstić information content (AvgIpc) is 2.82. The van der Waals surface area contributed by atoms with Crippen molar-refractivity contribution in [2.45, 2.75) is 53.6 Å². The zero-order valence-electron chi connectivity index (χ0n) is 21.4. The van der Waals surface area contributed by atoms with Crippen molar-refractivity contribution in [1.82, 2.24) is 5.32 Å². The Hall–Kier alpha value is -3.80. The van der Waals surface area contributed by atoms with Gasteiger partial charge in [0.1, 0.15) is 11.9 Å². The monoisotopic (exact) mass is 472 g/mol. The number of guanidine groups is 1. The molecule has 6 heteroatoms. The average molecular weight is 473 g/mol. The summed E-state index contributed by atoms with van der Waals surface area (Å²) in [6, 6.07) is 20.3. The van der Waals surface area contributed by atoms with Crippen molar-refractivity contribution in [3.63, 3.8) is 0 Å². The van der Waals surface area contributed by atoms with Crippen LogP contribution in [-0.4, -0.2) is 11.9 Å². The van der Waals surface area contributed by atoms with E-state index in [-0.39, 0.29) is 23.9 Å². The number of benzene rings is 3. The van der Waals surface area contributed by atoms with Crippen molar-refractivity contribution < 1.29 is 9.53 Å². The van der Waals surface area contributed by atoms with Gasteiger partial charge in [-0.05, 0) is 83.3 Å². The second-order valence-electron chi connectivity index (χ2n) is 9.58. The number of hydrogen-bond acceptors (Lipinski definition) is 4. The molecule has 0 spiro atoms. The van der Waals surface area contributed by atoms with Gasteiger partial charge in [-0.3, -0.25) is 10.1 Å². The Labute approximate surface area is 208 Å². The minimum Gasteiger partial charge on any atom is -0.485 e. The van der Waals surface area contributed by atoms with Gasteiger partial charge in [0.25, 0.3) is 5.91 Å². The van der Waals surface area contributed by atoms with Crippen LogP contribution in [0.25, 0.3) is 11.1 Å². The molecule has 0 aromatic heterocycles. The molecule has 3 aromatic rings. The van der Waals surface area contributed by atoms with E-state index in [4.69, 9.17) is 16.3 Å². The number of amides is 1. The number of ether oxygens (including phenoxy) is 1. The molecule has 0 aliphatic carbocycles. The molecule has 35 heavy (non-hydrogen) atoms. The lowest BCUT2D eigenvalue weighted by Gasteiger charge is -2.24. The maximum Gasteiger partial charge on any atom is 0.257 e. The van der Waals surface area contributed by atoms with E-state index in [0.717, 1.165) is 11.3 Å². The normalized spacial score (nSPS) is 12.6. The summed E-state index contributed by atoms with van der Waals surface area (Å²) in [5.41, 5.74) is 13.1. The van der Waals surface area contributed by atoms with E-state index >= 15 is 0 Å². The first kappa shape index (κ1) is 25.8. The lowest BCUT2D eigenvalue weighted by atomic mass is 9.93. The number of carbonyl (C=O) groups excluding carboxylic acids is 1. The summed E-state index contributed by atoms with van der Waals surface area (Å²) in [5, 5.41) is 5.69. The van der Waals surface area contributed by atoms with E-state index in [2.05, 4.69) is 88.4 Å². The third-order valence-corrected chi connectivity index (χ3v) is 6.12. The molecule has 5 N–H and O–H groups in total. The van der Waals surface area contributed by atoms with Crippen LogP contribution in [0.3, 0.4) is 0 Å².